The van der Waals surface area contributed by atoms with Gasteiger partial charge in [0.2, 0.25) is 0 Å². The second kappa shape index (κ2) is 6.19. The Morgan fingerprint density at radius 3 is 2.47 bits per heavy atom. The third kappa shape index (κ3) is 3.96. The largest absolute Gasteiger partial charge is 0.392 e. The van der Waals surface area contributed by atoms with Crippen molar-refractivity contribution in [1.82, 2.24) is 4.90 Å². The van der Waals surface area contributed by atoms with Gasteiger partial charge in [-0.2, -0.15) is 0 Å². The van der Waals surface area contributed by atoms with Crippen LogP contribution >= 0.6 is 0 Å². The monoisotopic (exact) mass is 239 g/mol. The lowest BCUT2D eigenvalue weighted by molar-refractivity contribution is 0.0987. The normalized spacial score (nSPS) is 29.3. The summed E-state index contributed by atoms with van der Waals surface area (Å²) in [6.45, 7) is 7.97. The molecule has 0 radical (unpaired) electrons. The van der Waals surface area contributed by atoms with Gasteiger partial charge in [-0.3, -0.25) is 0 Å². The topological polar surface area (TPSA) is 23.5 Å². The average Bonchev–Trinajstić information content (AvgIpc) is 2.88. The van der Waals surface area contributed by atoms with Gasteiger partial charge in [-0.05, 0) is 37.1 Å². The molecule has 2 unspecified atom stereocenters. The summed E-state index contributed by atoms with van der Waals surface area (Å²) in [5.74, 6) is 2.47. The second-order valence-electron chi connectivity index (χ2n) is 6.59. The molecule has 2 nitrogen and oxygen atoms in total. The molecule has 1 N–H and O–H groups in total. The minimum absolute atomic E-state index is 0.0796. The van der Waals surface area contributed by atoms with Crippen molar-refractivity contribution in [3.8, 4) is 0 Å². The van der Waals surface area contributed by atoms with Crippen LogP contribution in [0.2, 0.25) is 0 Å². The Balaban J connectivity index is 1.66. The van der Waals surface area contributed by atoms with Crippen molar-refractivity contribution >= 4 is 0 Å². The molecule has 2 atom stereocenters. The summed E-state index contributed by atoms with van der Waals surface area (Å²) in [5.41, 5.74) is 0. The molecule has 100 valence electrons. The predicted molar refractivity (Wildman–Crippen MR) is 72.0 cm³/mol. The number of nitrogens with zero attached hydrogens (tertiary/aromatic N) is 1. The van der Waals surface area contributed by atoms with Crippen LogP contribution in [0.3, 0.4) is 0 Å². The summed E-state index contributed by atoms with van der Waals surface area (Å²) in [6.07, 6.45) is 7.77. The Hall–Kier alpha value is -0.0800. The smallest absolute Gasteiger partial charge is 0.0669 e. The predicted octanol–water partition coefficient (Wildman–Crippen LogP) is 2.91. The lowest BCUT2D eigenvalue weighted by Crippen LogP contribution is -2.32. The van der Waals surface area contributed by atoms with Gasteiger partial charge in [0.15, 0.2) is 0 Å². The Labute approximate surface area is 106 Å². The highest BCUT2D eigenvalue weighted by molar-refractivity contribution is 4.80. The fourth-order valence-electron chi connectivity index (χ4n) is 3.58. The lowest BCUT2D eigenvalue weighted by atomic mass is 9.95. The summed E-state index contributed by atoms with van der Waals surface area (Å²) in [7, 11) is 0. The Kier molecular flexibility index (Phi) is 4.87. The van der Waals surface area contributed by atoms with Crippen molar-refractivity contribution in [3.05, 3.63) is 0 Å². The van der Waals surface area contributed by atoms with Crippen molar-refractivity contribution in [3.63, 3.8) is 0 Å². The number of aliphatic hydroxyl groups excluding tert-OH is 1. The molecular formula is C15H29NO. The Bertz CT molecular complexity index is 223. The summed E-state index contributed by atoms with van der Waals surface area (Å²) in [6, 6.07) is 0. The van der Waals surface area contributed by atoms with E-state index in [0.29, 0.717) is 0 Å². The average molecular weight is 239 g/mol. The summed E-state index contributed by atoms with van der Waals surface area (Å²) < 4.78 is 0. The first-order valence-corrected chi connectivity index (χ1v) is 7.55. The molecule has 0 bridgehead atoms. The highest BCUT2D eigenvalue weighted by Gasteiger charge is 2.27. The highest BCUT2D eigenvalue weighted by atomic mass is 16.3. The minimum Gasteiger partial charge on any atom is -0.392 e. The molecule has 1 heterocycles. The molecule has 1 aliphatic carbocycles. The van der Waals surface area contributed by atoms with Gasteiger partial charge in [-0.1, -0.05) is 39.5 Å². The van der Waals surface area contributed by atoms with E-state index in [2.05, 4.69) is 18.7 Å². The van der Waals surface area contributed by atoms with E-state index in [1.165, 1.54) is 45.2 Å². The van der Waals surface area contributed by atoms with Crippen LogP contribution in [-0.4, -0.2) is 35.7 Å². The lowest BCUT2D eigenvalue weighted by Gasteiger charge is -2.22. The quantitative estimate of drug-likeness (QED) is 0.797. The molecule has 0 amide bonds. The van der Waals surface area contributed by atoms with Crippen LogP contribution in [0.15, 0.2) is 0 Å². The summed E-state index contributed by atoms with van der Waals surface area (Å²) in [4.78, 5) is 2.48. The number of likely N-dealkylation sites (tertiary alicyclic amines) is 1. The molecule has 0 aromatic heterocycles. The molecule has 2 heteroatoms. The maximum Gasteiger partial charge on any atom is 0.0669 e. The Morgan fingerprint density at radius 1 is 1.18 bits per heavy atom. The molecule has 2 rings (SSSR count). The molecule has 1 saturated heterocycles. The molecule has 0 aromatic rings. The third-order valence-electron chi connectivity index (χ3n) is 4.80. The summed E-state index contributed by atoms with van der Waals surface area (Å²) in [5, 5.41) is 10.2. The third-order valence-corrected chi connectivity index (χ3v) is 4.80. The number of hydrogen-bond donors (Lipinski definition) is 1. The Morgan fingerprint density at radius 2 is 1.88 bits per heavy atom. The highest BCUT2D eigenvalue weighted by Crippen LogP contribution is 2.29. The molecule has 1 saturated carbocycles. The van der Waals surface area contributed by atoms with Crippen molar-refractivity contribution in [2.75, 3.05) is 19.6 Å². The zero-order valence-electron chi connectivity index (χ0n) is 11.6. The fourth-order valence-corrected chi connectivity index (χ4v) is 3.58. The SMILES string of the molecule is CC(C)C1CCN(CC(O)CC2CCCC2)C1. The van der Waals surface area contributed by atoms with Crippen LogP contribution in [0, 0.1) is 17.8 Å². The zero-order valence-corrected chi connectivity index (χ0v) is 11.6. The molecule has 2 fully saturated rings. The number of hydrogen-bond acceptors (Lipinski definition) is 2. The molecular weight excluding hydrogens is 210 g/mol. The van der Waals surface area contributed by atoms with E-state index in [1.807, 2.05) is 0 Å². The molecule has 0 aromatic carbocycles. The van der Waals surface area contributed by atoms with Crippen LogP contribution < -0.4 is 0 Å². The van der Waals surface area contributed by atoms with Crippen LogP contribution in [0.4, 0.5) is 0 Å². The van der Waals surface area contributed by atoms with Crippen LogP contribution in [-0.2, 0) is 0 Å². The summed E-state index contributed by atoms with van der Waals surface area (Å²) >= 11 is 0. The van der Waals surface area contributed by atoms with E-state index >= 15 is 0 Å². The number of aliphatic hydroxyl groups is 1. The standard InChI is InChI=1S/C15H29NO/c1-12(2)14-7-8-16(10-14)11-15(17)9-13-5-3-4-6-13/h12-15,17H,3-11H2,1-2H3. The molecule has 17 heavy (non-hydrogen) atoms. The first-order valence-electron chi connectivity index (χ1n) is 7.55. The van der Waals surface area contributed by atoms with Gasteiger partial charge in [0.1, 0.15) is 0 Å². The van der Waals surface area contributed by atoms with E-state index in [-0.39, 0.29) is 6.10 Å². The van der Waals surface area contributed by atoms with Gasteiger partial charge < -0.3 is 10.0 Å². The molecule has 1 aliphatic heterocycles. The fraction of sp³-hybridized carbons (Fsp3) is 1.00. The molecule has 2 aliphatic rings. The second-order valence-corrected chi connectivity index (χ2v) is 6.59. The van der Waals surface area contributed by atoms with Crippen LogP contribution in [0.5, 0.6) is 0 Å². The van der Waals surface area contributed by atoms with E-state index in [0.717, 1.165) is 30.7 Å². The van der Waals surface area contributed by atoms with Gasteiger partial charge in [0.05, 0.1) is 6.10 Å². The maximum absolute atomic E-state index is 10.2. The van der Waals surface area contributed by atoms with E-state index in [4.69, 9.17) is 0 Å². The number of rotatable bonds is 5. The van der Waals surface area contributed by atoms with Crippen LogP contribution in [0.25, 0.3) is 0 Å². The minimum atomic E-state index is -0.0796. The van der Waals surface area contributed by atoms with E-state index < -0.39 is 0 Å². The van der Waals surface area contributed by atoms with Crippen molar-refractivity contribution in [2.24, 2.45) is 17.8 Å². The first-order chi connectivity index (χ1) is 8.15. The van der Waals surface area contributed by atoms with E-state index in [1.54, 1.807) is 0 Å². The maximum atomic E-state index is 10.2. The van der Waals surface area contributed by atoms with Crippen molar-refractivity contribution < 1.29 is 5.11 Å². The zero-order chi connectivity index (χ0) is 12.3. The first kappa shape index (κ1) is 13.4. The van der Waals surface area contributed by atoms with E-state index in [9.17, 15) is 5.11 Å². The van der Waals surface area contributed by atoms with Crippen LogP contribution in [0.1, 0.15) is 52.4 Å². The van der Waals surface area contributed by atoms with Gasteiger partial charge >= 0.3 is 0 Å². The van der Waals surface area contributed by atoms with Gasteiger partial charge in [-0.25, -0.2) is 0 Å². The van der Waals surface area contributed by atoms with Crippen molar-refractivity contribution in [2.45, 2.75) is 58.5 Å². The molecule has 0 spiro atoms. The van der Waals surface area contributed by atoms with Gasteiger partial charge in [-0.15, -0.1) is 0 Å². The number of β-amino-alcohol motifs (C(OH)–C–C–N with tert-alkyl or cyclic N) is 1. The van der Waals surface area contributed by atoms with Crippen molar-refractivity contribution in [1.29, 1.82) is 0 Å². The van der Waals surface area contributed by atoms with Gasteiger partial charge in [0, 0.05) is 13.1 Å². The van der Waals surface area contributed by atoms with Gasteiger partial charge in [0.25, 0.3) is 0 Å².